The summed E-state index contributed by atoms with van der Waals surface area (Å²) in [5, 5.41) is 0. The molecule has 29 heavy (non-hydrogen) atoms. The van der Waals surface area contributed by atoms with Gasteiger partial charge < -0.3 is 9.47 Å². The molecule has 1 rings (SSSR count). The van der Waals surface area contributed by atoms with Gasteiger partial charge in [-0.1, -0.05) is 26.7 Å². The Morgan fingerprint density at radius 2 is 1.69 bits per heavy atom. The second-order valence-corrected chi connectivity index (χ2v) is 8.15. The van der Waals surface area contributed by atoms with Crippen LogP contribution in [0, 0.1) is 11.8 Å². The number of unbranched alkanes of at least 4 members (excludes halogenated alkanes) is 1. The fourth-order valence-corrected chi connectivity index (χ4v) is 2.68. The second-order valence-electron chi connectivity index (χ2n) is 8.15. The Labute approximate surface area is 170 Å². The van der Waals surface area contributed by atoms with E-state index in [9.17, 15) is 22.8 Å². The van der Waals surface area contributed by atoms with Crippen molar-refractivity contribution in [2.75, 3.05) is 0 Å². The highest BCUT2D eigenvalue weighted by Gasteiger charge is 2.31. The molecule has 0 aliphatic rings. The van der Waals surface area contributed by atoms with E-state index in [1.807, 2.05) is 27.7 Å². The van der Waals surface area contributed by atoms with E-state index in [-0.39, 0.29) is 17.6 Å². The van der Waals surface area contributed by atoms with Crippen LogP contribution in [-0.2, 0) is 20.5 Å². The van der Waals surface area contributed by atoms with Crippen LogP contribution in [0.5, 0.6) is 5.75 Å². The molecule has 2 unspecified atom stereocenters. The van der Waals surface area contributed by atoms with Gasteiger partial charge >= 0.3 is 18.1 Å². The summed E-state index contributed by atoms with van der Waals surface area (Å²) in [6.07, 6.45) is 0.317. The molecule has 0 radical (unpaired) electrons. The summed E-state index contributed by atoms with van der Waals surface area (Å²) in [5.41, 5.74) is -1.49. The fraction of sp³-hybridized carbons (Fsp3) is 0.667. The van der Waals surface area contributed by atoms with Crippen molar-refractivity contribution >= 4 is 11.9 Å². The van der Waals surface area contributed by atoms with E-state index in [2.05, 4.69) is 4.98 Å². The molecule has 0 N–H and O–H groups in total. The first-order chi connectivity index (χ1) is 13.3. The molecule has 0 aromatic carbocycles. The van der Waals surface area contributed by atoms with E-state index < -0.39 is 29.2 Å². The Balaban J connectivity index is 2.49. The van der Waals surface area contributed by atoms with Crippen LogP contribution in [-0.4, -0.2) is 22.5 Å². The molecule has 0 saturated carbocycles. The number of hydrogen-bond donors (Lipinski definition) is 0. The Kier molecular flexibility index (Phi) is 9.11. The van der Waals surface area contributed by atoms with E-state index in [0.29, 0.717) is 31.9 Å². The van der Waals surface area contributed by atoms with E-state index >= 15 is 0 Å². The minimum Gasteiger partial charge on any atom is -0.460 e. The van der Waals surface area contributed by atoms with Crippen LogP contribution in [0.4, 0.5) is 13.2 Å². The molecular weight excluding hydrogens is 387 g/mol. The van der Waals surface area contributed by atoms with Crippen molar-refractivity contribution in [2.24, 2.45) is 11.8 Å². The van der Waals surface area contributed by atoms with Gasteiger partial charge in [0, 0.05) is 6.20 Å². The molecular formula is C21H30F3NO4. The lowest BCUT2D eigenvalue weighted by molar-refractivity contribution is -0.159. The number of carbonyl (C=O) groups is 2. The van der Waals surface area contributed by atoms with Crippen molar-refractivity contribution in [2.45, 2.75) is 78.5 Å². The van der Waals surface area contributed by atoms with Crippen LogP contribution < -0.4 is 4.74 Å². The first kappa shape index (κ1) is 24.9. The third-order valence-corrected chi connectivity index (χ3v) is 4.33. The lowest BCUT2D eigenvalue weighted by Gasteiger charge is -2.22. The highest BCUT2D eigenvalue weighted by atomic mass is 19.4. The van der Waals surface area contributed by atoms with Crippen LogP contribution in [0.2, 0.25) is 0 Å². The van der Waals surface area contributed by atoms with E-state index in [1.165, 1.54) is 0 Å². The van der Waals surface area contributed by atoms with Gasteiger partial charge in [0.2, 0.25) is 0 Å². The smallest absolute Gasteiger partial charge is 0.418 e. The van der Waals surface area contributed by atoms with Crippen LogP contribution in [0.1, 0.15) is 72.3 Å². The predicted octanol–water partition coefficient (Wildman–Crippen LogP) is 5.57. The molecule has 1 heterocycles. The number of alkyl halides is 3. The zero-order valence-electron chi connectivity index (χ0n) is 17.6. The standard InChI is InChI=1S/C21H30F3NO4/c1-6-15(10-8-7-9-14(2)18(26)29-20(3,4)5)19(27)28-17-11-16(12-25-13-17)21(22,23)24/h11-15H,6-10H2,1-5H3. The van der Waals surface area contributed by atoms with Crippen molar-refractivity contribution in [1.82, 2.24) is 4.98 Å². The average Bonchev–Trinajstić information content (AvgIpc) is 2.59. The molecule has 0 aliphatic heterocycles. The Bertz CT molecular complexity index is 683. The van der Waals surface area contributed by atoms with Gasteiger partial charge in [-0.3, -0.25) is 14.6 Å². The summed E-state index contributed by atoms with van der Waals surface area (Å²) >= 11 is 0. The molecule has 5 nitrogen and oxygen atoms in total. The maximum absolute atomic E-state index is 12.7. The number of rotatable bonds is 9. The van der Waals surface area contributed by atoms with Crippen molar-refractivity contribution in [1.29, 1.82) is 0 Å². The molecule has 2 atom stereocenters. The predicted molar refractivity (Wildman–Crippen MR) is 102 cm³/mol. The summed E-state index contributed by atoms with van der Waals surface area (Å²) in [6, 6.07) is 0.764. The quantitative estimate of drug-likeness (QED) is 0.388. The Hall–Kier alpha value is -2.12. The first-order valence-corrected chi connectivity index (χ1v) is 9.80. The zero-order valence-corrected chi connectivity index (χ0v) is 17.6. The largest absolute Gasteiger partial charge is 0.460 e. The summed E-state index contributed by atoms with van der Waals surface area (Å²) in [6.45, 7) is 9.07. The summed E-state index contributed by atoms with van der Waals surface area (Å²) in [7, 11) is 0. The molecule has 0 fully saturated rings. The van der Waals surface area contributed by atoms with Gasteiger partial charge in [-0.2, -0.15) is 13.2 Å². The summed E-state index contributed by atoms with van der Waals surface area (Å²) in [4.78, 5) is 27.7. The topological polar surface area (TPSA) is 65.5 Å². The zero-order chi connectivity index (χ0) is 22.2. The number of carbonyl (C=O) groups excluding carboxylic acids is 2. The third-order valence-electron chi connectivity index (χ3n) is 4.33. The van der Waals surface area contributed by atoms with Crippen molar-refractivity contribution in [3.8, 4) is 5.75 Å². The van der Waals surface area contributed by atoms with Crippen LogP contribution in [0.25, 0.3) is 0 Å². The number of aromatic nitrogens is 1. The number of ether oxygens (including phenoxy) is 2. The average molecular weight is 417 g/mol. The SMILES string of the molecule is CCC(CCCCC(C)C(=O)OC(C)(C)C)C(=O)Oc1cncc(C(F)(F)F)c1. The number of pyridine rings is 1. The van der Waals surface area contributed by atoms with Crippen molar-refractivity contribution in [3.63, 3.8) is 0 Å². The van der Waals surface area contributed by atoms with Gasteiger partial charge in [0.05, 0.1) is 23.6 Å². The van der Waals surface area contributed by atoms with Crippen molar-refractivity contribution < 1.29 is 32.2 Å². The normalized spacial score (nSPS) is 14.2. The first-order valence-electron chi connectivity index (χ1n) is 9.80. The lowest BCUT2D eigenvalue weighted by Crippen LogP contribution is -2.27. The van der Waals surface area contributed by atoms with Crippen LogP contribution in [0.15, 0.2) is 18.5 Å². The number of hydrogen-bond acceptors (Lipinski definition) is 5. The van der Waals surface area contributed by atoms with Gasteiger partial charge in [0.15, 0.2) is 0 Å². The number of nitrogens with zero attached hydrogens (tertiary/aromatic N) is 1. The lowest BCUT2D eigenvalue weighted by atomic mass is 9.96. The Morgan fingerprint density at radius 1 is 1.07 bits per heavy atom. The van der Waals surface area contributed by atoms with Gasteiger partial charge in [0.1, 0.15) is 11.4 Å². The number of halogens is 3. The molecule has 8 heteroatoms. The molecule has 0 aliphatic carbocycles. The minimum absolute atomic E-state index is 0.221. The highest BCUT2D eigenvalue weighted by molar-refractivity contribution is 5.75. The molecule has 164 valence electrons. The summed E-state index contributed by atoms with van der Waals surface area (Å²) in [5.74, 6) is -1.71. The molecule has 0 saturated heterocycles. The van der Waals surface area contributed by atoms with E-state index in [1.54, 1.807) is 6.92 Å². The van der Waals surface area contributed by atoms with Crippen LogP contribution >= 0.6 is 0 Å². The molecule has 1 aromatic heterocycles. The molecule has 1 aromatic rings. The monoisotopic (exact) mass is 417 g/mol. The van der Waals surface area contributed by atoms with Crippen molar-refractivity contribution in [3.05, 3.63) is 24.0 Å². The fourth-order valence-electron chi connectivity index (χ4n) is 2.68. The second kappa shape index (κ2) is 10.6. The van der Waals surface area contributed by atoms with Crippen LogP contribution in [0.3, 0.4) is 0 Å². The maximum Gasteiger partial charge on any atom is 0.418 e. The molecule has 0 spiro atoms. The van der Waals surface area contributed by atoms with Gasteiger partial charge in [-0.15, -0.1) is 0 Å². The molecule has 0 bridgehead atoms. The highest BCUT2D eigenvalue weighted by Crippen LogP contribution is 2.31. The maximum atomic E-state index is 12.7. The summed E-state index contributed by atoms with van der Waals surface area (Å²) < 4.78 is 48.6. The Morgan fingerprint density at radius 3 is 2.24 bits per heavy atom. The molecule has 0 amide bonds. The third kappa shape index (κ3) is 9.28. The number of esters is 2. The minimum atomic E-state index is -4.55. The van der Waals surface area contributed by atoms with Gasteiger partial charge in [-0.25, -0.2) is 0 Å². The van der Waals surface area contributed by atoms with Gasteiger partial charge in [-0.05, 0) is 46.1 Å². The van der Waals surface area contributed by atoms with Gasteiger partial charge in [0.25, 0.3) is 0 Å². The van der Waals surface area contributed by atoms with E-state index in [0.717, 1.165) is 18.7 Å². The van der Waals surface area contributed by atoms with E-state index in [4.69, 9.17) is 9.47 Å².